The molecule has 4 atom stereocenters. The van der Waals surface area contributed by atoms with E-state index in [4.69, 9.17) is 16.2 Å². The van der Waals surface area contributed by atoms with Gasteiger partial charge in [0.05, 0.1) is 25.3 Å². The normalized spacial score (nSPS) is 32.4. The van der Waals surface area contributed by atoms with E-state index in [0.717, 1.165) is 29.7 Å². The van der Waals surface area contributed by atoms with E-state index in [2.05, 4.69) is 34.8 Å². The minimum atomic E-state index is -2.61. The van der Waals surface area contributed by atoms with Crippen molar-refractivity contribution in [2.24, 2.45) is 11.5 Å². The first-order valence-corrected chi connectivity index (χ1v) is 14.3. The molecule has 0 radical (unpaired) electrons. The highest BCUT2D eigenvalue weighted by Gasteiger charge is 2.78. The molecule has 10 N–H and O–H groups in total. The van der Waals surface area contributed by atoms with Gasteiger partial charge in [-0.2, -0.15) is 0 Å². The summed E-state index contributed by atoms with van der Waals surface area (Å²) in [5.41, 5.74) is 11.9. The highest BCUT2D eigenvalue weighted by Crippen LogP contribution is 2.41. The Labute approximate surface area is 241 Å². The first kappa shape index (κ1) is 26.8. The standard InChI is InChI=1S/C27H35N9O6/c1-25(2)8-9-42-19-14(4-3-5-15(19)25)21(38)31-17-11-36-23(29)30-16(20-26(36,27(17,40)41)33-22(28)32-20)10-35-18(37)12-34(24(35)39)13-6-7-13/h3-5,13,16-17,20,40-41H,6-12H2,1-2H3,(H6,28,29,30,31,32,33,38)/p+2/t16-,17?,20-,26-/m0/s1. The molecule has 1 spiro atoms. The van der Waals surface area contributed by atoms with Gasteiger partial charge in [0.2, 0.25) is 5.91 Å². The summed E-state index contributed by atoms with van der Waals surface area (Å²) in [7, 11) is 0. The number of para-hydroxylation sites is 1. The van der Waals surface area contributed by atoms with Crippen LogP contribution in [-0.4, -0.2) is 116 Å². The number of amides is 4. The van der Waals surface area contributed by atoms with Crippen molar-refractivity contribution in [2.75, 3.05) is 26.2 Å². The van der Waals surface area contributed by atoms with Crippen LogP contribution in [0.1, 0.15) is 49.0 Å². The summed E-state index contributed by atoms with van der Waals surface area (Å²) in [6.45, 7) is 4.48. The van der Waals surface area contributed by atoms with Gasteiger partial charge in [-0.25, -0.2) is 14.7 Å². The third-order valence-electron chi connectivity index (χ3n) is 9.67. The van der Waals surface area contributed by atoms with Crippen LogP contribution in [0.3, 0.4) is 0 Å². The van der Waals surface area contributed by atoms with Crippen LogP contribution in [0.15, 0.2) is 18.2 Å². The number of hydrogen-bond donors (Lipinski definition) is 8. The van der Waals surface area contributed by atoms with Crippen molar-refractivity contribution in [3.8, 4) is 5.75 Å². The van der Waals surface area contributed by atoms with Gasteiger partial charge in [0, 0.05) is 11.6 Å². The van der Waals surface area contributed by atoms with Gasteiger partial charge in [0.1, 0.15) is 24.4 Å². The molecule has 15 nitrogen and oxygen atoms in total. The molecular weight excluding hydrogens is 546 g/mol. The summed E-state index contributed by atoms with van der Waals surface area (Å²) in [6, 6.07) is 2.22. The smallest absolute Gasteiger partial charge is 0.347 e. The molecule has 5 heterocycles. The molecule has 0 aromatic heterocycles. The van der Waals surface area contributed by atoms with Gasteiger partial charge in [0.25, 0.3) is 17.4 Å². The Morgan fingerprint density at radius 3 is 2.76 bits per heavy atom. The fourth-order valence-corrected chi connectivity index (χ4v) is 7.19. The summed E-state index contributed by atoms with van der Waals surface area (Å²) in [5, 5.41) is 32.5. The fraction of sp³-hybridized carbons (Fsp3) is 0.593. The van der Waals surface area contributed by atoms with Crippen molar-refractivity contribution in [3.63, 3.8) is 0 Å². The van der Waals surface area contributed by atoms with Crippen molar-refractivity contribution in [1.82, 2.24) is 25.8 Å². The van der Waals surface area contributed by atoms with Gasteiger partial charge in [-0.1, -0.05) is 26.0 Å². The molecule has 7 rings (SSSR count). The number of nitrogens with two attached hydrogens (primary N) is 2. The van der Waals surface area contributed by atoms with E-state index in [1.807, 2.05) is 6.07 Å². The van der Waals surface area contributed by atoms with Crippen LogP contribution in [0.25, 0.3) is 0 Å². The molecule has 6 aliphatic rings. The molecule has 42 heavy (non-hydrogen) atoms. The van der Waals surface area contributed by atoms with Crippen molar-refractivity contribution >= 4 is 29.8 Å². The number of hydrogen-bond acceptors (Lipinski definition) is 10. The summed E-state index contributed by atoms with van der Waals surface area (Å²) < 4.78 is 7.42. The zero-order valence-corrected chi connectivity index (χ0v) is 23.5. The molecule has 1 aromatic rings. The second kappa shape index (κ2) is 8.70. The Kier molecular flexibility index (Phi) is 5.55. The van der Waals surface area contributed by atoms with E-state index >= 15 is 0 Å². The molecule has 1 aromatic carbocycles. The second-order valence-corrected chi connectivity index (χ2v) is 12.7. The van der Waals surface area contributed by atoms with Crippen LogP contribution < -0.4 is 37.1 Å². The predicted molar refractivity (Wildman–Crippen MR) is 146 cm³/mol. The van der Waals surface area contributed by atoms with Crippen molar-refractivity contribution < 1.29 is 38.9 Å². The molecule has 3 fully saturated rings. The van der Waals surface area contributed by atoms with Crippen molar-refractivity contribution in [1.29, 1.82) is 0 Å². The van der Waals surface area contributed by atoms with Crippen LogP contribution in [0.5, 0.6) is 5.75 Å². The SMILES string of the molecule is CC1(C)CCOc2c(C(=O)NC3C[N+]4=C(N)N[C@@H](CN5C(=O)CN(C6CC6)C5=O)[C@@H]5[NH+]=C(N)N[C@@]54C3(O)O)cccc21. The zero-order chi connectivity index (χ0) is 29.8. The highest BCUT2D eigenvalue weighted by atomic mass is 16.5. The lowest BCUT2D eigenvalue weighted by Gasteiger charge is -2.41. The number of nitrogens with zero attached hydrogens (tertiary/aromatic N) is 3. The van der Waals surface area contributed by atoms with E-state index < -0.39 is 35.5 Å². The Morgan fingerprint density at radius 1 is 1.26 bits per heavy atom. The van der Waals surface area contributed by atoms with Crippen LogP contribution in [0.4, 0.5) is 4.79 Å². The molecular formula is C27H37N9O6+2. The molecule has 4 amide bonds. The molecule has 1 aliphatic carbocycles. The average molecular weight is 584 g/mol. The predicted octanol–water partition coefficient (Wildman–Crippen LogP) is -4.67. The fourth-order valence-electron chi connectivity index (χ4n) is 7.19. The first-order chi connectivity index (χ1) is 19.8. The van der Waals surface area contributed by atoms with Gasteiger partial charge < -0.3 is 25.2 Å². The molecule has 1 saturated carbocycles. The van der Waals surface area contributed by atoms with E-state index in [0.29, 0.717) is 12.4 Å². The number of fused-ring (bicyclic) bond motifs is 1. The maximum Gasteiger partial charge on any atom is 0.347 e. The topological polar surface area (TPSA) is 212 Å². The summed E-state index contributed by atoms with van der Waals surface area (Å²) >= 11 is 0. The van der Waals surface area contributed by atoms with Gasteiger partial charge >= 0.3 is 18.0 Å². The summed E-state index contributed by atoms with van der Waals surface area (Å²) in [6.07, 6.45) is 2.54. The van der Waals surface area contributed by atoms with Gasteiger partial charge in [-0.15, -0.1) is 0 Å². The number of guanidine groups is 2. The van der Waals surface area contributed by atoms with E-state index in [9.17, 15) is 24.6 Å². The van der Waals surface area contributed by atoms with E-state index in [1.54, 1.807) is 17.0 Å². The average Bonchev–Trinajstić information content (AvgIpc) is 3.59. The molecule has 224 valence electrons. The maximum absolute atomic E-state index is 13.6. The van der Waals surface area contributed by atoms with Crippen molar-refractivity contribution in [2.45, 2.75) is 74.1 Å². The lowest BCUT2D eigenvalue weighted by molar-refractivity contribution is -0.674. The number of ether oxygens (including phenoxy) is 1. The van der Waals surface area contributed by atoms with Gasteiger partial charge in [0.15, 0.2) is 6.04 Å². The maximum atomic E-state index is 13.6. The number of rotatable bonds is 5. The number of urea groups is 1. The quantitative estimate of drug-likeness (QED) is 0.0943. The number of benzene rings is 1. The Bertz CT molecular complexity index is 1470. The Hall–Kier alpha value is -4.11. The molecule has 5 aliphatic heterocycles. The van der Waals surface area contributed by atoms with Crippen LogP contribution in [0, 0.1) is 0 Å². The molecule has 15 heteroatoms. The monoisotopic (exact) mass is 583 g/mol. The van der Waals surface area contributed by atoms with E-state index in [1.165, 1.54) is 4.58 Å². The molecule has 1 unspecified atom stereocenters. The second-order valence-electron chi connectivity index (χ2n) is 12.7. The van der Waals surface area contributed by atoms with Gasteiger partial charge in [-0.05, 0) is 30.7 Å². The summed E-state index contributed by atoms with van der Waals surface area (Å²) in [4.78, 5) is 45.3. The molecule has 0 bridgehead atoms. The minimum absolute atomic E-state index is 0.0133. The number of carbonyl (C=O) groups excluding carboxylic acids is 3. The first-order valence-electron chi connectivity index (χ1n) is 14.3. The lowest BCUT2D eigenvalue weighted by atomic mass is 9.79. The van der Waals surface area contributed by atoms with Gasteiger partial charge in [-0.3, -0.25) is 36.3 Å². The van der Waals surface area contributed by atoms with Crippen LogP contribution in [0.2, 0.25) is 0 Å². The number of aliphatic hydroxyl groups is 2. The number of nitrogens with one attached hydrogen (secondary N) is 4. The Morgan fingerprint density at radius 2 is 2.02 bits per heavy atom. The number of imide groups is 1. The van der Waals surface area contributed by atoms with Crippen LogP contribution in [-0.2, 0) is 10.2 Å². The number of carbonyl (C=O) groups is 3. The van der Waals surface area contributed by atoms with E-state index in [-0.39, 0.29) is 60.5 Å². The summed E-state index contributed by atoms with van der Waals surface area (Å²) in [5.74, 6) is -2.87. The molecule has 2 saturated heterocycles. The minimum Gasteiger partial charge on any atom is -0.492 e. The lowest BCUT2D eigenvalue weighted by Crippen LogP contribution is -2.92. The zero-order valence-electron chi connectivity index (χ0n) is 23.5. The largest absolute Gasteiger partial charge is 0.492 e. The third kappa shape index (κ3) is 3.62. The highest BCUT2D eigenvalue weighted by molar-refractivity contribution is 6.02. The third-order valence-corrected chi connectivity index (χ3v) is 9.67. The Balaban J connectivity index is 1.18. The van der Waals surface area contributed by atoms with Crippen LogP contribution >= 0.6 is 0 Å². The van der Waals surface area contributed by atoms with Crippen molar-refractivity contribution in [3.05, 3.63) is 29.3 Å².